The van der Waals surface area contributed by atoms with Crippen LogP contribution < -0.4 is 4.90 Å². The first-order chi connectivity index (χ1) is 9.81. The Morgan fingerprint density at radius 1 is 1.05 bits per heavy atom. The van der Waals surface area contributed by atoms with Gasteiger partial charge in [0.15, 0.2) is 0 Å². The van der Waals surface area contributed by atoms with E-state index in [2.05, 4.69) is 69.9 Å². The van der Waals surface area contributed by atoms with Gasteiger partial charge in [-0.1, -0.05) is 58.9 Å². The first-order valence-corrected chi connectivity index (χ1v) is 7.63. The highest BCUT2D eigenvalue weighted by atomic mass is 15.2. The van der Waals surface area contributed by atoms with Crippen molar-refractivity contribution in [2.45, 2.75) is 45.4 Å². The molecule has 2 aromatic rings. The van der Waals surface area contributed by atoms with E-state index in [-0.39, 0.29) is 10.8 Å². The van der Waals surface area contributed by atoms with Gasteiger partial charge in [-0.05, 0) is 23.1 Å². The van der Waals surface area contributed by atoms with Gasteiger partial charge in [0.1, 0.15) is 5.82 Å². The zero-order chi connectivity index (χ0) is 15.3. The lowest BCUT2D eigenvalue weighted by Gasteiger charge is -2.28. The summed E-state index contributed by atoms with van der Waals surface area (Å²) in [7, 11) is 0. The minimum absolute atomic E-state index is 0.0886. The van der Waals surface area contributed by atoms with E-state index < -0.39 is 0 Å². The zero-order valence-corrected chi connectivity index (χ0v) is 13.6. The van der Waals surface area contributed by atoms with Gasteiger partial charge in [0.2, 0.25) is 0 Å². The van der Waals surface area contributed by atoms with Crippen molar-refractivity contribution in [1.29, 1.82) is 0 Å². The molecule has 0 radical (unpaired) electrons. The Balaban J connectivity index is 2.16. The van der Waals surface area contributed by atoms with Crippen LogP contribution in [0.15, 0.2) is 42.6 Å². The van der Waals surface area contributed by atoms with Crippen molar-refractivity contribution >= 4 is 11.5 Å². The van der Waals surface area contributed by atoms with E-state index in [1.54, 1.807) is 0 Å². The minimum atomic E-state index is 0.0886. The molecule has 1 aliphatic rings. The summed E-state index contributed by atoms with van der Waals surface area (Å²) in [6.45, 7) is 12.4. The largest absolute Gasteiger partial charge is 0.325 e. The Kier molecular flexibility index (Phi) is 3.09. The summed E-state index contributed by atoms with van der Waals surface area (Å²) in [5.74, 6) is 1.10. The molecule has 0 atom stereocenters. The highest BCUT2D eigenvalue weighted by Crippen LogP contribution is 2.45. The summed E-state index contributed by atoms with van der Waals surface area (Å²) in [4.78, 5) is 7.10. The van der Waals surface area contributed by atoms with Crippen LogP contribution in [0.25, 0.3) is 0 Å². The molecule has 0 spiro atoms. The first-order valence-electron chi connectivity index (χ1n) is 7.63. The lowest BCUT2D eigenvalue weighted by molar-refractivity contribution is 0.558. The molecule has 1 aromatic carbocycles. The Morgan fingerprint density at radius 2 is 1.76 bits per heavy atom. The molecule has 2 heteroatoms. The van der Waals surface area contributed by atoms with Gasteiger partial charge in [-0.2, -0.15) is 0 Å². The second-order valence-electron chi connectivity index (χ2n) is 7.61. The second-order valence-corrected chi connectivity index (χ2v) is 7.61. The van der Waals surface area contributed by atoms with Gasteiger partial charge in [0, 0.05) is 29.4 Å². The van der Waals surface area contributed by atoms with Crippen LogP contribution in [0.1, 0.15) is 45.7 Å². The van der Waals surface area contributed by atoms with E-state index in [4.69, 9.17) is 4.98 Å². The molecule has 0 N–H and O–H groups in total. The number of nitrogens with zero attached hydrogens (tertiary/aromatic N) is 2. The predicted octanol–water partition coefficient (Wildman–Crippen LogP) is 4.81. The van der Waals surface area contributed by atoms with Crippen molar-refractivity contribution in [3.8, 4) is 0 Å². The number of anilines is 2. The van der Waals surface area contributed by atoms with Gasteiger partial charge in [0.05, 0.1) is 0 Å². The van der Waals surface area contributed by atoms with Crippen LogP contribution >= 0.6 is 0 Å². The maximum Gasteiger partial charge on any atom is 0.136 e. The minimum Gasteiger partial charge on any atom is -0.325 e. The highest BCUT2D eigenvalue weighted by Gasteiger charge is 2.37. The average Bonchev–Trinajstić information content (AvgIpc) is 2.71. The summed E-state index contributed by atoms with van der Waals surface area (Å²) in [6.07, 6.45) is 1.90. The van der Waals surface area contributed by atoms with Crippen LogP contribution in [0.2, 0.25) is 0 Å². The standard InChI is InChI=1S/C19H24N2/c1-18(2,3)15-10-8-12-20-17(15)21-13-19(4,5)14-9-6-7-11-16(14)21/h6-12H,13H2,1-5H3. The number of aromatic nitrogens is 1. The molecule has 1 aliphatic heterocycles. The maximum atomic E-state index is 4.72. The SMILES string of the molecule is CC(C)(C)c1cccnc1N1CC(C)(C)c2ccccc21. The molecule has 0 unspecified atom stereocenters. The number of pyridine rings is 1. The molecule has 0 fully saturated rings. The van der Waals surface area contributed by atoms with E-state index in [0.717, 1.165) is 12.4 Å². The fourth-order valence-corrected chi connectivity index (χ4v) is 3.23. The van der Waals surface area contributed by atoms with Crippen LogP contribution in [-0.2, 0) is 10.8 Å². The van der Waals surface area contributed by atoms with E-state index in [1.807, 2.05) is 12.3 Å². The lowest BCUT2D eigenvalue weighted by atomic mass is 9.86. The molecule has 1 aromatic heterocycles. The number of benzene rings is 1. The van der Waals surface area contributed by atoms with Gasteiger partial charge in [-0.3, -0.25) is 0 Å². The molecule has 3 rings (SSSR count). The topological polar surface area (TPSA) is 16.1 Å². The van der Waals surface area contributed by atoms with Crippen molar-refractivity contribution < 1.29 is 0 Å². The lowest BCUT2D eigenvalue weighted by Crippen LogP contribution is -2.28. The number of hydrogen-bond donors (Lipinski definition) is 0. The molecule has 0 aliphatic carbocycles. The Morgan fingerprint density at radius 3 is 2.48 bits per heavy atom. The zero-order valence-electron chi connectivity index (χ0n) is 13.6. The Hall–Kier alpha value is -1.83. The summed E-state index contributed by atoms with van der Waals surface area (Å²) in [5.41, 5.74) is 4.26. The molecule has 0 amide bonds. The van der Waals surface area contributed by atoms with Crippen molar-refractivity contribution in [3.63, 3.8) is 0 Å². The van der Waals surface area contributed by atoms with E-state index in [0.29, 0.717) is 0 Å². The van der Waals surface area contributed by atoms with Gasteiger partial charge in [0.25, 0.3) is 0 Å². The first kappa shape index (κ1) is 14.1. The van der Waals surface area contributed by atoms with Crippen molar-refractivity contribution in [2.75, 3.05) is 11.4 Å². The quantitative estimate of drug-likeness (QED) is 0.745. The van der Waals surface area contributed by atoms with E-state index in [1.165, 1.54) is 16.8 Å². The van der Waals surface area contributed by atoms with Crippen molar-refractivity contribution in [1.82, 2.24) is 4.98 Å². The maximum absolute atomic E-state index is 4.72. The summed E-state index contributed by atoms with van der Waals surface area (Å²) in [5, 5.41) is 0. The van der Waals surface area contributed by atoms with Crippen LogP contribution in [0.4, 0.5) is 11.5 Å². The third-order valence-corrected chi connectivity index (χ3v) is 4.33. The highest BCUT2D eigenvalue weighted by molar-refractivity contribution is 5.72. The molecule has 2 heterocycles. The monoisotopic (exact) mass is 280 g/mol. The predicted molar refractivity (Wildman–Crippen MR) is 89.4 cm³/mol. The van der Waals surface area contributed by atoms with Crippen LogP contribution in [0, 0.1) is 0 Å². The fraction of sp³-hybridized carbons (Fsp3) is 0.421. The van der Waals surface area contributed by atoms with Crippen LogP contribution in [0.5, 0.6) is 0 Å². The van der Waals surface area contributed by atoms with E-state index in [9.17, 15) is 0 Å². The summed E-state index contributed by atoms with van der Waals surface area (Å²) < 4.78 is 0. The third-order valence-electron chi connectivity index (χ3n) is 4.33. The second kappa shape index (κ2) is 4.59. The Bertz CT molecular complexity index is 665. The van der Waals surface area contributed by atoms with Gasteiger partial charge in [-0.15, -0.1) is 0 Å². The van der Waals surface area contributed by atoms with Crippen LogP contribution in [0.3, 0.4) is 0 Å². The number of hydrogen-bond acceptors (Lipinski definition) is 2. The Labute approximate surface area is 127 Å². The smallest absolute Gasteiger partial charge is 0.136 e. The van der Waals surface area contributed by atoms with Crippen LogP contribution in [-0.4, -0.2) is 11.5 Å². The third kappa shape index (κ3) is 2.33. The fourth-order valence-electron chi connectivity index (χ4n) is 3.23. The molecule has 21 heavy (non-hydrogen) atoms. The van der Waals surface area contributed by atoms with Gasteiger partial charge < -0.3 is 4.90 Å². The molecule has 2 nitrogen and oxygen atoms in total. The summed E-state index contributed by atoms with van der Waals surface area (Å²) >= 11 is 0. The number of fused-ring (bicyclic) bond motifs is 1. The van der Waals surface area contributed by atoms with Gasteiger partial charge >= 0.3 is 0 Å². The molecule has 110 valence electrons. The molecule has 0 bridgehead atoms. The molecule has 0 saturated heterocycles. The number of rotatable bonds is 1. The van der Waals surface area contributed by atoms with Crippen molar-refractivity contribution in [2.24, 2.45) is 0 Å². The molecular weight excluding hydrogens is 256 g/mol. The normalized spacial score (nSPS) is 16.9. The van der Waals surface area contributed by atoms with E-state index >= 15 is 0 Å². The van der Waals surface area contributed by atoms with Crippen molar-refractivity contribution in [3.05, 3.63) is 53.7 Å². The summed E-state index contributed by atoms with van der Waals surface area (Å²) in [6, 6.07) is 13.0. The van der Waals surface area contributed by atoms with Gasteiger partial charge in [-0.25, -0.2) is 4.98 Å². The average molecular weight is 280 g/mol. The number of para-hydroxylation sites is 1. The molecule has 0 saturated carbocycles. The molecular formula is C19H24N2.